The first-order valence-corrected chi connectivity index (χ1v) is 10.7. The maximum atomic E-state index is 12.3. The van der Waals surface area contributed by atoms with E-state index in [4.69, 9.17) is 0 Å². The van der Waals surface area contributed by atoms with Gasteiger partial charge in [0.25, 0.3) is 0 Å². The van der Waals surface area contributed by atoms with Crippen LogP contribution in [0.2, 0.25) is 0 Å². The van der Waals surface area contributed by atoms with Crippen LogP contribution in [0, 0.1) is 0 Å². The highest BCUT2D eigenvalue weighted by atomic mass is 79.9. The number of carbonyl (C=O) groups excluding carboxylic acids is 1. The van der Waals surface area contributed by atoms with Gasteiger partial charge in [0, 0.05) is 49.1 Å². The molecule has 0 spiro atoms. The molecule has 0 aromatic carbocycles. The van der Waals surface area contributed by atoms with E-state index in [9.17, 15) is 4.79 Å². The van der Waals surface area contributed by atoms with Crippen LogP contribution in [-0.4, -0.2) is 59.5 Å². The van der Waals surface area contributed by atoms with Crippen molar-refractivity contribution in [2.24, 2.45) is 0 Å². The number of amides is 1. The molecule has 7 heteroatoms. The van der Waals surface area contributed by atoms with Crippen molar-refractivity contribution in [2.45, 2.75) is 38.1 Å². The van der Waals surface area contributed by atoms with E-state index < -0.39 is 0 Å². The van der Waals surface area contributed by atoms with Gasteiger partial charge in [0.05, 0.1) is 17.7 Å². The van der Waals surface area contributed by atoms with Crippen LogP contribution in [0.3, 0.4) is 0 Å². The Kier molecular flexibility index (Phi) is 5.88. The maximum absolute atomic E-state index is 12.3. The summed E-state index contributed by atoms with van der Waals surface area (Å²) >= 11 is 3.46. The molecule has 0 radical (unpaired) electrons. The summed E-state index contributed by atoms with van der Waals surface area (Å²) in [5.74, 6) is 0.177. The minimum absolute atomic E-state index is 0.177. The standard InChI is InChI=1S/C20H26BrN5O/c21-15-12-17-20(23-13-15)18(6-7-22-17)26-10-8-25(9-11-26)14-19(27)24-16-4-2-1-3-5-16/h6-7,12-13,16H,1-5,8-11,14H2,(H,24,27). The molecule has 1 N–H and O–H groups in total. The minimum Gasteiger partial charge on any atom is -0.367 e. The highest BCUT2D eigenvalue weighted by Gasteiger charge is 2.22. The van der Waals surface area contributed by atoms with Crippen LogP contribution >= 0.6 is 15.9 Å². The van der Waals surface area contributed by atoms with Gasteiger partial charge in [0.2, 0.25) is 5.91 Å². The third-order valence-corrected chi connectivity index (χ3v) is 6.01. The van der Waals surface area contributed by atoms with Gasteiger partial charge in [-0.2, -0.15) is 0 Å². The van der Waals surface area contributed by atoms with Crippen molar-refractivity contribution in [3.63, 3.8) is 0 Å². The molecule has 1 saturated carbocycles. The maximum Gasteiger partial charge on any atom is 0.234 e. The van der Waals surface area contributed by atoms with Gasteiger partial charge in [-0.05, 0) is 40.9 Å². The predicted octanol–water partition coefficient (Wildman–Crippen LogP) is 2.96. The van der Waals surface area contributed by atoms with Gasteiger partial charge < -0.3 is 10.2 Å². The first-order valence-electron chi connectivity index (χ1n) is 9.86. The molecule has 0 atom stereocenters. The average Bonchev–Trinajstić information content (AvgIpc) is 2.68. The molecule has 2 aromatic heterocycles. The summed E-state index contributed by atoms with van der Waals surface area (Å²) in [6.07, 6.45) is 9.73. The Morgan fingerprint density at radius 2 is 1.93 bits per heavy atom. The Bertz CT molecular complexity index is 800. The van der Waals surface area contributed by atoms with E-state index in [-0.39, 0.29) is 5.91 Å². The highest BCUT2D eigenvalue weighted by molar-refractivity contribution is 9.10. The van der Waals surface area contributed by atoms with E-state index in [1.54, 1.807) is 0 Å². The van der Waals surface area contributed by atoms with Crippen molar-refractivity contribution >= 4 is 38.6 Å². The lowest BCUT2D eigenvalue weighted by Crippen LogP contribution is -2.50. The van der Waals surface area contributed by atoms with Crippen LogP contribution in [0.1, 0.15) is 32.1 Å². The molecule has 27 heavy (non-hydrogen) atoms. The Morgan fingerprint density at radius 1 is 1.15 bits per heavy atom. The lowest BCUT2D eigenvalue weighted by Gasteiger charge is -2.36. The fourth-order valence-electron chi connectivity index (χ4n) is 4.12. The quantitative estimate of drug-likeness (QED) is 0.805. The van der Waals surface area contributed by atoms with E-state index in [0.717, 1.165) is 60.2 Å². The first-order chi connectivity index (χ1) is 13.2. The second-order valence-corrected chi connectivity index (χ2v) is 8.43. The summed E-state index contributed by atoms with van der Waals surface area (Å²) < 4.78 is 0.938. The zero-order valence-corrected chi connectivity index (χ0v) is 17.1. The van der Waals surface area contributed by atoms with Gasteiger partial charge in [-0.15, -0.1) is 0 Å². The van der Waals surface area contributed by atoms with Gasteiger partial charge in [0.15, 0.2) is 0 Å². The average molecular weight is 432 g/mol. The molecule has 1 amide bonds. The number of nitrogens with zero attached hydrogens (tertiary/aromatic N) is 4. The van der Waals surface area contributed by atoms with Gasteiger partial charge >= 0.3 is 0 Å². The Balaban J connectivity index is 1.33. The Hall–Kier alpha value is -1.73. The zero-order valence-electron chi connectivity index (χ0n) is 15.5. The van der Waals surface area contributed by atoms with Crippen LogP contribution < -0.4 is 10.2 Å². The number of nitrogens with one attached hydrogen (secondary N) is 1. The van der Waals surface area contributed by atoms with Gasteiger partial charge in [-0.3, -0.25) is 19.7 Å². The lowest BCUT2D eigenvalue weighted by molar-refractivity contribution is -0.123. The zero-order chi connectivity index (χ0) is 18.6. The molecule has 1 saturated heterocycles. The number of aromatic nitrogens is 2. The van der Waals surface area contributed by atoms with Crippen molar-refractivity contribution in [1.82, 2.24) is 20.2 Å². The molecule has 6 nitrogen and oxygen atoms in total. The fourth-order valence-corrected chi connectivity index (χ4v) is 4.44. The van der Waals surface area contributed by atoms with Gasteiger partial charge in [0.1, 0.15) is 5.52 Å². The largest absolute Gasteiger partial charge is 0.367 e. The second-order valence-electron chi connectivity index (χ2n) is 7.52. The van der Waals surface area contributed by atoms with Crippen molar-refractivity contribution in [3.05, 3.63) is 29.0 Å². The molecule has 2 aliphatic rings. The van der Waals surface area contributed by atoms with Crippen molar-refractivity contribution in [3.8, 4) is 0 Å². The summed E-state index contributed by atoms with van der Waals surface area (Å²) in [4.78, 5) is 25.9. The molecular weight excluding hydrogens is 406 g/mol. The molecule has 1 aliphatic heterocycles. The molecule has 4 rings (SSSR count). The topological polar surface area (TPSA) is 61.4 Å². The van der Waals surface area contributed by atoms with Gasteiger partial charge in [-0.25, -0.2) is 0 Å². The predicted molar refractivity (Wildman–Crippen MR) is 111 cm³/mol. The first kappa shape index (κ1) is 18.6. The smallest absolute Gasteiger partial charge is 0.234 e. The van der Waals surface area contributed by atoms with E-state index >= 15 is 0 Å². The number of pyridine rings is 2. The van der Waals surface area contributed by atoms with E-state index in [1.165, 1.54) is 19.3 Å². The molecule has 1 aliphatic carbocycles. The third kappa shape index (κ3) is 4.58. The summed E-state index contributed by atoms with van der Waals surface area (Å²) in [6, 6.07) is 4.42. The number of piperazine rings is 1. The Morgan fingerprint density at radius 3 is 2.70 bits per heavy atom. The van der Waals surface area contributed by atoms with E-state index in [1.807, 2.05) is 24.5 Å². The number of carbonyl (C=O) groups is 1. The number of halogens is 1. The van der Waals surface area contributed by atoms with Crippen LogP contribution in [0.4, 0.5) is 5.69 Å². The molecule has 0 unspecified atom stereocenters. The van der Waals surface area contributed by atoms with Crippen molar-refractivity contribution in [2.75, 3.05) is 37.6 Å². The summed E-state index contributed by atoms with van der Waals surface area (Å²) in [7, 11) is 0. The lowest BCUT2D eigenvalue weighted by atomic mass is 9.95. The monoisotopic (exact) mass is 431 g/mol. The summed E-state index contributed by atoms with van der Waals surface area (Å²) in [5, 5.41) is 3.22. The molecule has 2 aromatic rings. The summed E-state index contributed by atoms with van der Waals surface area (Å²) in [5.41, 5.74) is 2.96. The normalized spacial score (nSPS) is 19.4. The number of fused-ring (bicyclic) bond motifs is 1. The van der Waals surface area contributed by atoms with Crippen molar-refractivity contribution in [1.29, 1.82) is 0 Å². The highest BCUT2D eigenvalue weighted by Crippen LogP contribution is 2.26. The number of hydrogen-bond acceptors (Lipinski definition) is 5. The summed E-state index contributed by atoms with van der Waals surface area (Å²) in [6.45, 7) is 4.07. The third-order valence-electron chi connectivity index (χ3n) is 5.57. The van der Waals surface area contributed by atoms with E-state index in [2.05, 4.69) is 41.0 Å². The number of rotatable bonds is 4. The number of hydrogen-bond donors (Lipinski definition) is 1. The van der Waals surface area contributed by atoms with Crippen LogP contribution in [0.25, 0.3) is 11.0 Å². The molecule has 3 heterocycles. The molecule has 0 bridgehead atoms. The second kappa shape index (κ2) is 8.52. The number of anilines is 1. The Labute approximate surface area is 168 Å². The van der Waals surface area contributed by atoms with E-state index in [0.29, 0.717) is 12.6 Å². The van der Waals surface area contributed by atoms with Gasteiger partial charge in [-0.1, -0.05) is 19.3 Å². The minimum atomic E-state index is 0.177. The fraction of sp³-hybridized carbons (Fsp3) is 0.550. The van der Waals surface area contributed by atoms with Crippen molar-refractivity contribution < 1.29 is 4.79 Å². The van der Waals surface area contributed by atoms with Crippen LogP contribution in [0.5, 0.6) is 0 Å². The molecule has 144 valence electrons. The molecule has 2 fully saturated rings. The van der Waals surface area contributed by atoms with Crippen LogP contribution in [-0.2, 0) is 4.79 Å². The molecular formula is C20H26BrN5O. The SMILES string of the molecule is O=C(CN1CCN(c2ccnc3cc(Br)cnc23)CC1)NC1CCCCC1. The van der Waals surface area contributed by atoms with Crippen LogP contribution in [0.15, 0.2) is 29.0 Å².